The summed E-state index contributed by atoms with van der Waals surface area (Å²) in [7, 11) is 0. The molecule has 2 aliphatic rings. The number of carbonyl (C=O) groups excluding carboxylic acids is 1. The predicted octanol–water partition coefficient (Wildman–Crippen LogP) is 2.69. The molecule has 1 N–H and O–H groups in total. The van der Waals surface area contributed by atoms with Crippen LogP contribution in [0.4, 0.5) is 0 Å². The summed E-state index contributed by atoms with van der Waals surface area (Å²) in [6.07, 6.45) is 7.94. The molecule has 1 unspecified atom stereocenters. The topological polar surface area (TPSA) is 64.7 Å². The summed E-state index contributed by atoms with van der Waals surface area (Å²) in [5, 5.41) is 7.93. The highest BCUT2D eigenvalue weighted by atomic mass is 16.2. The molecule has 0 radical (unpaired) electrons. The van der Waals surface area contributed by atoms with Crippen LogP contribution in [-0.2, 0) is 13.0 Å². The van der Waals surface area contributed by atoms with Gasteiger partial charge in [-0.2, -0.15) is 5.10 Å². The number of hydrogen-bond acceptors (Lipinski definition) is 3. The van der Waals surface area contributed by atoms with E-state index in [-0.39, 0.29) is 11.9 Å². The zero-order chi connectivity index (χ0) is 17.5. The summed E-state index contributed by atoms with van der Waals surface area (Å²) in [5.74, 6) is 1.55. The van der Waals surface area contributed by atoms with E-state index in [0.29, 0.717) is 11.6 Å². The van der Waals surface area contributed by atoms with Gasteiger partial charge in [0.05, 0.1) is 11.4 Å². The number of benzene rings is 1. The van der Waals surface area contributed by atoms with Crippen LogP contribution >= 0.6 is 0 Å². The molecule has 3 heterocycles. The van der Waals surface area contributed by atoms with Crippen molar-refractivity contribution < 1.29 is 4.79 Å². The molecule has 3 aromatic rings. The van der Waals surface area contributed by atoms with Crippen molar-refractivity contribution in [3.63, 3.8) is 0 Å². The second kappa shape index (κ2) is 6.12. The first kappa shape index (κ1) is 15.4. The van der Waals surface area contributed by atoms with E-state index in [4.69, 9.17) is 5.10 Å². The van der Waals surface area contributed by atoms with E-state index >= 15 is 0 Å². The molecule has 6 heteroatoms. The third-order valence-corrected chi connectivity index (χ3v) is 5.23. The predicted molar refractivity (Wildman–Crippen MR) is 97.3 cm³/mol. The summed E-state index contributed by atoms with van der Waals surface area (Å²) < 4.78 is 3.91. The molecule has 2 aromatic heterocycles. The summed E-state index contributed by atoms with van der Waals surface area (Å²) in [5.41, 5.74) is 2.57. The number of aromatic nitrogens is 4. The van der Waals surface area contributed by atoms with Crippen molar-refractivity contribution in [2.24, 2.45) is 0 Å². The second-order valence-electron chi connectivity index (χ2n) is 7.18. The van der Waals surface area contributed by atoms with Gasteiger partial charge in [0.1, 0.15) is 11.5 Å². The van der Waals surface area contributed by atoms with Crippen LogP contribution in [0.3, 0.4) is 0 Å². The lowest BCUT2D eigenvalue weighted by Crippen LogP contribution is -2.41. The highest BCUT2D eigenvalue weighted by Crippen LogP contribution is 2.39. The van der Waals surface area contributed by atoms with Gasteiger partial charge < -0.3 is 9.88 Å². The molecule has 1 aliphatic heterocycles. The molecular weight excluding hydrogens is 326 g/mol. The van der Waals surface area contributed by atoms with E-state index in [2.05, 4.69) is 14.9 Å². The lowest BCUT2D eigenvalue weighted by atomic mass is 10.1. The Morgan fingerprint density at radius 1 is 1.15 bits per heavy atom. The number of hydrogen-bond donors (Lipinski definition) is 1. The zero-order valence-electron chi connectivity index (χ0n) is 14.5. The van der Waals surface area contributed by atoms with Crippen molar-refractivity contribution in [2.45, 2.75) is 44.2 Å². The molecule has 5 rings (SSSR count). The smallest absolute Gasteiger partial charge is 0.270 e. The fraction of sp³-hybridized carbons (Fsp3) is 0.350. The van der Waals surface area contributed by atoms with E-state index in [1.807, 2.05) is 48.8 Å². The van der Waals surface area contributed by atoms with Crippen molar-refractivity contribution in [3.8, 4) is 5.69 Å². The third kappa shape index (κ3) is 2.81. The van der Waals surface area contributed by atoms with Gasteiger partial charge in [-0.3, -0.25) is 4.79 Å². The van der Waals surface area contributed by atoms with Gasteiger partial charge >= 0.3 is 0 Å². The minimum Gasteiger partial charge on any atom is -0.346 e. The average Bonchev–Trinajstić information content (AvgIpc) is 3.25. The summed E-state index contributed by atoms with van der Waals surface area (Å²) in [4.78, 5) is 17.4. The van der Waals surface area contributed by atoms with Gasteiger partial charge in [0, 0.05) is 37.3 Å². The van der Waals surface area contributed by atoms with E-state index < -0.39 is 0 Å². The number of para-hydroxylation sites is 1. The summed E-state index contributed by atoms with van der Waals surface area (Å²) in [6, 6.07) is 12.0. The van der Waals surface area contributed by atoms with Crippen LogP contribution in [0, 0.1) is 0 Å². The number of amides is 1. The Labute approximate surface area is 151 Å². The molecule has 1 saturated carbocycles. The molecule has 6 nitrogen and oxygen atoms in total. The van der Waals surface area contributed by atoms with E-state index in [1.165, 1.54) is 12.8 Å². The summed E-state index contributed by atoms with van der Waals surface area (Å²) >= 11 is 0. The van der Waals surface area contributed by atoms with Gasteiger partial charge in [-0.15, -0.1) is 0 Å². The molecule has 132 valence electrons. The first-order valence-corrected chi connectivity index (χ1v) is 9.24. The maximum absolute atomic E-state index is 13.0. The quantitative estimate of drug-likeness (QED) is 0.789. The number of carbonyl (C=O) groups is 1. The second-order valence-corrected chi connectivity index (χ2v) is 7.18. The highest BCUT2D eigenvalue weighted by Gasteiger charge is 2.30. The SMILES string of the molecule is O=C(NC1CCc2nccn2C1)c1cc(C2CC2)nn1-c1ccccc1. The van der Waals surface area contributed by atoms with E-state index in [9.17, 15) is 4.79 Å². The molecule has 0 bridgehead atoms. The van der Waals surface area contributed by atoms with Crippen LogP contribution < -0.4 is 5.32 Å². The Hall–Kier alpha value is -2.89. The van der Waals surface area contributed by atoms with Crippen molar-refractivity contribution in [2.75, 3.05) is 0 Å². The lowest BCUT2D eigenvalue weighted by molar-refractivity contribution is 0.0919. The molecule has 1 atom stereocenters. The van der Waals surface area contributed by atoms with Crippen LogP contribution in [0.2, 0.25) is 0 Å². The van der Waals surface area contributed by atoms with E-state index in [0.717, 1.165) is 36.6 Å². The standard InChI is InChI=1S/C20H21N5O/c26-20(22-15-8-9-19-21-10-11-24(19)13-15)18-12-17(14-6-7-14)23-25(18)16-4-2-1-3-5-16/h1-5,10-12,14-15H,6-9,13H2,(H,22,26). The van der Waals surface area contributed by atoms with E-state index in [1.54, 1.807) is 4.68 Å². The van der Waals surface area contributed by atoms with Gasteiger partial charge in [-0.1, -0.05) is 18.2 Å². The molecule has 26 heavy (non-hydrogen) atoms. The fourth-order valence-corrected chi connectivity index (χ4v) is 3.65. The van der Waals surface area contributed by atoms with Crippen LogP contribution in [-0.4, -0.2) is 31.3 Å². The number of rotatable bonds is 4. The third-order valence-electron chi connectivity index (χ3n) is 5.23. The normalized spacial score (nSPS) is 19.2. The molecule has 1 fully saturated rings. The van der Waals surface area contributed by atoms with Crippen molar-refractivity contribution in [1.29, 1.82) is 0 Å². The number of fused-ring (bicyclic) bond motifs is 1. The monoisotopic (exact) mass is 347 g/mol. The number of aryl methyl sites for hydroxylation is 1. The van der Waals surface area contributed by atoms with Crippen molar-refractivity contribution in [1.82, 2.24) is 24.6 Å². The van der Waals surface area contributed by atoms with Crippen molar-refractivity contribution >= 4 is 5.91 Å². The van der Waals surface area contributed by atoms with Gasteiger partial charge in [-0.25, -0.2) is 9.67 Å². The Balaban J connectivity index is 1.41. The number of imidazole rings is 1. The molecule has 0 saturated heterocycles. The van der Waals surface area contributed by atoms with Crippen LogP contribution in [0.25, 0.3) is 5.69 Å². The Morgan fingerprint density at radius 3 is 2.81 bits per heavy atom. The van der Waals surface area contributed by atoms with Crippen LogP contribution in [0.15, 0.2) is 48.8 Å². The fourth-order valence-electron chi connectivity index (χ4n) is 3.65. The van der Waals surface area contributed by atoms with Gasteiger partial charge in [-0.05, 0) is 37.5 Å². The van der Waals surface area contributed by atoms with Gasteiger partial charge in [0.25, 0.3) is 5.91 Å². The lowest BCUT2D eigenvalue weighted by Gasteiger charge is -2.24. The van der Waals surface area contributed by atoms with Gasteiger partial charge in [0.2, 0.25) is 0 Å². The molecule has 1 aromatic carbocycles. The van der Waals surface area contributed by atoms with Crippen molar-refractivity contribution in [3.05, 3.63) is 66.0 Å². The maximum atomic E-state index is 13.0. The largest absolute Gasteiger partial charge is 0.346 e. The minimum atomic E-state index is -0.0539. The Morgan fingerprint density at radius 2 is 2.00 bits per heavy atom. The maximum Gasteiger partial charge on any atom is 0.270 e. The number of nitrogens with one attached hydrogen (secondary N) is 1. The Kier molecular flexibility index (Phi) is 3.62. The molecule has 1 amide bonds. The van der Waals surface area contributed by atoms with Crippen LogP contribution in [0.5, 0.6) is 0 Å². The summed E-state index contributed by atoms with van der Waals surface area (Å²) in [6.45, 7) is 0.774. The molecule has 0 spiro atoms. The first-order valence-electron chi connectivity index (χ1n) is 9.24. The Bertz CT molecular complexity index is 938. The minimum absolute atomic E-state index is 0.0539. The van der Waals surface area contributed by atoms with Crippen LogP contribution in [0.1, 0.15) is 47.2 Å². The first-order chi connectivity index (χ1) is 12.8. The highest BCUT2D eigenvalue weighted by molar-refractivity contribution is 5.93. The van der Waals surface area contributed by atoms with Gasteiger partial charge in [0.15, 0.2) is 0 Å². The number of nitrogens with zero attached hydrogens (tertiary/aromatic N) is 4. The molecular formula is C20H21N5O. The zero-order valence-corrected chi connectivity index (χ0v) is 14.5. The average molecular weight is 347 g/mol. The molecule has 1 aliphatic carbocycles.